The Kier molecular flexibility index (Phi) is 6.87. The van der Waals surface area contributed by atoms with Crippen molar-refractivity contribution in [3.63, 3.8) is 0 Å². The van der Waals surface area contributed by atoms with E-state index < -0.39 is 18.0 Å². The van der Waals surface area contributed by atoms with Gasteiger partial charge in [-0.15, -0.1) is 0 Å². The molecule has 1 aromatic rings. The van der Waals surface area contributed by atoms with Gasteiger partial charge in [0.15, 0.2) is 0 Å². The lowest BCUT2D eigenvalue weighted by Crippen LogP contribution is -2.45. The molecule has 5 nitrogen and oxygen atoms in total. The van der Waals surface area contributed by atoms with Crippen LogP contribution in [0.5, 0.6) is 0 Å². The summed E-state index contributed by atoms with van der Waals surface area (Å²) < 4.78 is 0. The van der Waals surface area contributed by atoms with Crippen molar-refractivity contribution in [1.29, 1.82) is 0 Å². The fraction of sp³-hybridized carbons (Fsp3) is 0.429. The highest BCUT2D eigenvalue weighted by Gasteiger charge is 2.18. The van der Waals surface area contributed by atoms with Gasteiger partial charge in [0.1, 0.15) is 6.04 Å². The molecule has 0 bridgehead atoms. The van der Waals surface area contributed by atoms with E-state index in [1.54, 1.807) is 24.3 Å². The number of carboxylic acid groups (broad SMARTS) is 1. The highest BCUT2D eigenvalue weighted by Crippen LogP contribution is 2.09. The molecular formula is C14H19ClN2O3. The first-order valence-corrected chi connectivity index (χ1v) is 6.92. The van der Waals surface area contributed by atoms with Crippen molar-refractivity contribution in [2.24, 2.45) is 0 Å². The van der Waals surface area contributed by atoms with Crippen LogP contribution in [0.25, 0.3) is 0 Å². The minimum Gasteiger partial charge on any atom is -0.480 e. The van der Waals surface area contributed by atoms with E-state index in [2.05, 4.69) is 10.6 Å². The number of urea groups is 1. The van der Waals surface area contributed by atoms with Crippen LogP contribution in [0.4, 0.5) is 4.79 Å². The van der Waals surface area contributed by atoms with E-state index in [4.69, 9.17) is 16.7 Å². The fourth-order valence-electron chi connectivity index (χ4n) is 1.66. The summed E-state index contributed by atoms with van der Waals surface area (Å²) in [6.45, 7) is 2.29. The van der Waals surface area contributed by atoms with Crippen LogP contribution >= 0.6 is 11.6 Å². The molecule has 0 fully saturated rings. The molecule has 0 radical (unpaired) electrons. The first-order valence-electron chi connectivity index (χ1n) is 6.54. The average molecular weight is 299 g/mol. The number of halogens is 1. The average Bonchev–Trinajstić information content (AvgIpc) is 2.42. The summed E-state index contributed by atoms with van der Waals surface area (Å²) >= 11 is 5.76. The Morgan fingerprint density at radius 2 is 1.95 bits per heavy atom. The number of amides is 2. The molecule has 1 atom stereocenters. The number of hydrogen-bond acceptors (Lipinski definition) is 2. The van der Waals surface area contributed by atoms with Gasteiger partial charge in [-0.3, -0.25) is 0 Å². The van der Waals surface area contributed by atoms with Gasteiger partial charge in [0.2, 0.25) is 0 Å². The van der Waals surface area contributed by atoms with Crippen LogP contribution in [0, 0.1) is 0 Å². The van der Waals surface area contributed by atoms with Crippen LogP contribution < -0.4 is 10.6 Å². The van der Waals surface area contributed by atoms with Gasteiger partial charge in [0.25, 0.3) is 0 Å². The Hall–Kier alpha value is -1.75. The van der Waals surface area contributed by atoms with Crippen molar-refractivity contribution in [2.45, 2.75) is 38.8 Å². The van der Waals surface area contributed by atoms with E-state index in [9.17, 15) is 9.59 Å². The third-order valence-electron chi connectivity index (χ3n) is 2.82. The van der Waals surface area contributed by atoms with Gasteiger partial charge in [-0.05, 0) is 24.1 Å². The number of carboxylic acids is 1. The number of carbonyl (C=O) groups excluding carboxylic acids is 1. The van der Waals surface area contributed by atoms with E-state index >= 15 is 0 Å². The molecule has 20 heavy (non-hydrogen) atoms. The van der Waals surface area contributed by atoms with Crippen molar-refractivity contribution in [2.75, 3.05) is 0 Å². The molecule has 0 aliphatic rings. The van der Waals surface area contributed by atoms with E-state index in [0.717, 1.165) is 18.4 Å². The van der Waals surface area contributed by atoms with Gasteiger partial charge in [0.05, 0.1) is 0 Å². The van der Waals surface area contributed by atoms with Gasteiger partial charge in [-0.2, -0.15) is 0 Å². The molecule has 1 rings (SSSR count). The molecule has 0 aliphatic heterocycles. The van der Waals surface area contributed by atoms with Crippen molar-refractivity contribution in [1.82, 2.24) is 10.6 Å². The molecular weight excluding hydrogens is 280 g/mol. The van der Waals surface area contributed by atoms with Gasteiger partial charge >= 0.3 is 12.0 Å². The van der Waals surface area contributed by atoms with E-state index in [1.807, 2.05) is 6.92 Å². The molecule has 1 aromatic carbocycles. The minimum atomic E-state index is -1.01. The quantitative estimate of drug-likeness (QED) is 0.724. The number of rotatable bonds is 7. The second kappa shape index (κ2) is 8.43. The summed E-state index contributed by atoms with van der Waals surface area (Å²) in [6, 6.07) is 5.74. The second-order valence-corrected chi connectivity index (χ2v) is 4.92. The molecule has 0 spiro atoms. The molecule has 0 saturated heterocycles. The van der Waals surface area contributed by atoms with Crippen LogP contribution in [0.3, 0.4) is 0 Å². The second-order valence-electron chi connectivity index (χ2n) is 4.49. The summed E-state index contributed by atoms with van der Waals surface area (Å²) in [6.07, 6.45) is 2.08. The first kappa shape index (κ1) is 16.3. The number of aliphatic carboxylic acids is 1. The monoisotopic (exact) mass is 298 g/mol. The lowest BCUT2D eigenvalue weighted by molar-refractivity contribution is -0.139. The zero-order valence-electron chi connectivity index (χ0n) is 11.4. The van der Waals surface area contributed by atoms with Gasteiger partial charge < -0.3 is 15.7 Å². The largest absolute Gasteiger partial charge is 0.480 e. The normalized spacial score (nSPS) is 11.7. The van der Waals surface area contributed by atoms with Crippen molar-refractivity contribution < 1.29 is 14.7 Å². The zero-order valence-corrected chi connectivity index (χ0v) is 12.1. The number of hydrogen-bond donors (Lipinski definition) is 3. The Morgan fingerprint density at radius 3 is 2.50 bits per heavy atom. The third-order valence-corrected chi connectivity index (χ3v) is 3.07. The van der Waals surface area contributed by atoms with Gasteiger partial charge in [-0.25, -0.2) is 9.59 Å². The maximum atomic E-state index is 11.6. The van der Waals surface area contributed by atoms with E-state index in [-0.39, 0.29) is 0 Å². The Morgan fingerprint density at radius 1 is 1.30 bits per heavy atom. The molecule has 3 N–H and O–H groups in total. The summed E-state index contributed by atoms with van der Waals surface area (Å²) in [5, 5.41) is 14.7. The maximum Gasteiger partial charge on any atom is 0.326 e. The summed E-state index contributed by atoms with van der Waals surface area (Å²) in [5.74, 6) is -1.01. The summed E-state index contributed by atoms with van der Waals surface area (Å²) in [4.78, 5) is 22.6. The fourth-order valence-corrected chi connectivity index (χ4v) is 1.79. The highest BCUT2D eigenvalue weighted by atomic mass is 35.5. The van der Waals surface area contributed by atoms with Crippen molar-refractivity contribution in [3.8, 4) is 0 Å². The molecule has 0 aliphatic carbocycles. The van der Waals surface area contributed by atoms with Gasteiger partial charge in [-0.1, -0.05) is 43.5 Å². The maximum absolute atomic E-state index is 11.6. The molecule has 6 heteroatoms. The van der Waals surface area contributed by atoms with Crippen molar-refractivity contribution in [3.05, 3.63) is 34.9 Å². The SMILES string of the molecule is CCCCC(NC(=O)NCc1ccc(Cl)cc1)C(=O)O. The lowest BCUT2D eigenvalue weighted by atomic mass is 10.1. The minimum absolute atomic E-state index is 0.323. The number of benzene rings is 1. The van der Waals surface area contributed by atoms with E-state index in [1.165, 1.54) is 0 Å². The van der Waals surface area contributed by atoms with Crippen LogP contribution in [0.15, 0.2) is 24.3 Å². The highest BCUT2D eigenvalue weighted by molar-refractivity contribution is 6.30. The number of carbonyl (C=O) groups is 2. The number of nitrogens with one attached hydrogen (secondary N) is 2. The zero-order chi connectivity index (χ0) is 15.0. The molecule has 0 saturated carbocycles. The molecule has 1 unspecified atom stereocenters. The molecule has 110 valence electrons. The molecule has 0 heterocycles. The first-order chi connectivity index (χ1) is 9.52. The Bertz CT molecular complexity index is 448. The molecule has 2 amide bonds. The lowest BCUT2D eigenvalue weighted by Gasteiger charge is -2.14. The summed E-state index contributed by atoms with van der Waals surface area (Å²) in [7, 11) is 0. The standard InChI is InChI=1S/C14H19ClN2O3/c1-2-3-4-12(13(18)19)17-14(20)16-9-10-5-7-11(15)8-6-10/h5-8,12H,2-4,9H2,1H3,(H,18,19)(H2,16,17,20). The smallest absolute Gasteiger partial charge is 0.326 e. The Labute approximate surface area is 123 Å². The third kappa shape index (κ3) is 5.93. The van der Waals surface area contributed by atoms with Crippen LogP contribution in [-0.2, 0) is 11.3 Å². The summed E-state index contributed by atoms with van der Waals surface area (Å²) in [5.41, 5.74) is 0.894. The Balaban J connectivity index is 2.41. The van der Waals surface area contributed by atoms with Gasteiger partial charge in [0, 0.05) is 11.6 Å². The predicted octanol–water partition coefficient (Wildman–Crippen LogP) is 2.78. The van der Waals surface area contributed by atoms with Crippen LogP contribution in [-0.4, -0.2) is 23.1 Å². The van der Waals surface area contributed by atoms with Crippen molar-refractivity contribution >= 4 is 23.6 Å². The number of unbranched alkanes of at least 4 members (excludes halogenated alkanes) is 1. The van der Waals surface area contributed by atoms with Crippen LogP contribution in [0.1, 0.15) is 31.7 Å². The molecule has 0 aromatic heterocycles. The topological polar surface area (TPSA) is 78.4 Å². The van der Waals surface area contributed by atoms with E-state index in [0.29, 0.717) is 18.0 Å². The van der Waals surface area contributed by atoms with Crippen LogP contribution in [0.2, 0.25) is 5.02 Å². The predicted molar refractivity (Wildman–Crippen MR) is 77.8 cm³/mol.